The topological polar surface area (TPSA) is 95.9 Å². The van der Waals surface area contributed by atoms with Gasteiger partial charge in [-0.05, 0) is 83.5 Å². The Hall–Kier alpha value is -1.92. The summed E-state index contributed by atoms with van der Waals surface area (Å²) in [6.45, 7) is 4.95. The smallest absolute Gasteiger partial charge is 0.305 e. The zero-order chi connectivity index (χ0) is 66.3. The number of hydrogen-bond donors (Lipinski definition) is 3. The lowest BCUT2D eigenvalue weighted by Crippen LogP contribution is -2.45. The Morgan fingerprint density at radius 1 is 0.293 bits per heavy atom. The van der Waals surface area contributed by atoms with Crippen LogP contribution in [0, 0.1) is 0 Å². The maximum Gasteiger partial charge on any atom is 0.305 e. The average molecular weight is 1290 g/mol. The van der Waals surface area contributed by atoms with Crippen LogP contribution in [0.25, 0.3) is 0 Å². The van der Waals surface area contributed by atoms with Gasteiger partial charge in [0.1, 0.15) is 0 Å². The molecule has 0 saturated carbocycles. The van der Waals surface area contributed by atoms with E-state index in [1.165, 1.54) is 405 Å². The van der Waals surface area contributed by atoms with E-state index in [2.05, 4.69) is 43.5 Å². The Kier molecular flexibility index (Phi) is 79.8. The highest BCUT2D eigenvalue weighted by Crippen LogP contribution is 2.20. The highest BCUT2D eigenvalue weighted by molar-refractivity contribution is 5.76. The quantitative estimate of drug-likeness (QED) is 0.0320. The fourth-order valence-corrected chi connectivity index (χ4v) is 13.5. The molecule has 3 N–H and O–H groups in total. The first-order valence-corrected chi connectivity index (χ1v) is 42.3. The number of nitrogens with one attached hydrogen (secondary N) is 1. The maximum atomic E-state index is 12.6. The third-order valence-electron chi connectivity index (χ3n) is 19.9. The summed E-state index contributed by atoms with van der Waals surface area (Å²) in [5.74, 6) is -0.0443. The summed E-state index contributed by atoms with van der Waals surface area (Å²) in [7, 11) is 0. The number of amides is 1. The predicted octanol–water partition coefficient (Wildman–Crippen LogP) is 28.2. The summed E-state index contributed by atoms with van der Waals surface area (Å²) in [6.07, 6.45) is 107. The molecule has 544 valence electrons. The molecule has 0 heterocycles. The first-order valence-electron chi connectivity index (χ1n) is 42.3. The van der Waals surface area contributed by atoms with Crippen LogP contribution < -0.4 is 5.32 Å². The molecule has 0 aliphatic rings. The van der Waals surface area contributed by atoms with Gasteiger partial charge in [0.15, 0.2) is 0 Å². The average Bonchev–Trinajstić information content (AvgIpc) is 3.61. The lowest BCUT2D eigenvalue weighted by Gasteiger charge is -2.20. The first kappa shape index (κ1) is 90.1. The Morgan fingerprint density at radius 3 is 0.772 bits per heavy atom. The molecule has 1 amide bonds. The minimum atomic E-state index is -0.843. The van der Waals surface area contributed by atoms with Crippen molar-refractivity contribution < 1.29 is 24.5 Å². The van der Waals surface area contributed by atoms with E-state index in [4.69, 9.17) is 4.74 Å². The molecule has 0 saturated heterocycles. The molecule has 0 spiro atoms. The molecule has 6 nitrogen and oxygen atoms in total. The summed E-state index contributed by atoms with van der Waals surface area (Å²) in [5, 5.41) is 23.3. The van der Waals surface area contributed by atoms with Crippen molar-refractivity contribution in [1.82, 2.24) is 5.32 Å². The second kappa shape index (κ2) is 81.5. The SMILES string of the molecule is CCCCCCCCC/C=C\CCCCCCCC(=O)OCCCCCCCCCCCCCCCCCC/C=C\CCCCCCCCCCCCCCCCCCCC(=O)NC(CO)C(O)/C=C/CCCCCCCCCCCCCCCCCCCCCC. The van der Waals surface area contributed by atoms with Crippen molar-refractivity contribution in [2.24, 2.45) is 0 Å². The van der Waals surface area contributed by atoms with Gasteiger partial charge in [-0.15, -0.1) is 0 Å². The molecule has 0 aliphatic carbocycles. The van der Waals surface area contributed by atoms with E-state index in [9.17, 15) is 19.8 Å². The van der Waals surface area contributed by atoms with Crippen LogP contribution in [0.1, 0.15) is 476 Å². The van der Waals surface area contributed by atoms with Crippen LogP contribution in [0.15, 0.2) is 36.5 Å². The van der Waals surface area contributed by atoms with Gasteiger partial charge in [0.25, 0.3) is 0 Å². The number of hydrogen-bond acceptors (Lipinski definition) is 5. The van der Waals surface area contributed by atoms with Crippen molar-refractivity contribution in [3.63, 3.8) is 0 Å². The normalized spacial score (nSPS) is 12.6. The number of allylic oxidation sites excluding steroid dienone is 5. The second-order valence-electron chi connectivity index (χ2n) is 29.2. The number of unbranched alkanes of at least 4 members (excludes halogenated alkanes) is 65. The van der Waals surface area contributed by atoms with Crippen LogP contribution in [0.4, 0.5) is 0 Å². The van der Waals surface area contributed by atoms with Gasteiger partial charge in [-0.1, -0.05) is 416 Å². The van der Waals surface area contributed by atoms with Crippen molar-refractivity contribution in [1.29, 1.82) is 0 Å². The Balaban J connectivity index is 3.35. The standard InChI is InChI=1S/C86H165NO5/c1-3-5-7-9-11-13-15-17-19-21-22-23-41-44-47-50-54-58-62-66-70-74-78-84(89)83(82-88)87-85(90)79-75-71-67-63-59-55-51-48-45-42-39-37-35-33-31-29-27-25-24-26-28-30-32-34-36-38-40-43-46-49-53-57-61-65-69-73-77-81-92-86(91)80-76-72-68-64-60-56-52-20-18-16-14-12-10-8-6-4-2/h20,24,26,52,74,78,83-84,88-89H,3-19,21-23,25,27-51,53-73,75-77,79-82H2,1-2H3,(H,87,90)/b26-24-,52-20-,78-74+. The molecule has 0 rings (SSSR count). The van der Waals surface area contributed by atoms with E-state index in [0.29, 0.717) is 19.4 Å². The number of carbonyl (C=O) groups is 2. The van der Waals surface area contributed by atoms with E-state index >= 15 is 0 Å². The van der Waals surface area contributed by atoms with E-state index < -0.39 is 12.1 Å². The van der Waals surface area contributed by atoms with E-state index in [0.717, 1.165) is 44.9 Å². The number of ether oxygens (including phenoxy) is 1. The Labute approximate surface area is 576 Å². The molecular weight excluding hydrogens is 1130 g/mol. The number of esters is 1. The van der Waals surface area contributed by atoms with Gasteiger partial charge in [-0.25, -0.2) is 0 Å². The number of carbonyl (C=O) groups excluding carboxylic acids is 2. The molecule has 0 radical (unpaired) electrons. The van der Waals surface area contributed by atoms with Crippen LogP contribution in [0.5, 0.6) is 0 Å². The van der Waals surface area contributed by atoms with Crippen molar-refractivity contribution in [2.45, 2.75) is 488 Å². The summed E-state index contributed by atoms with van der Waals surface area (Å²) in [5.41, 5.74) is 0. The van der Waals surface area contributed by atoms with Crippen molar-refractivity contribution >= 4 is 11.9 Å². The first-order chi connectivity index (χ1) is 45.5. The van der Waals surface area contributed by atoms with Crippen LogP contribution in [-0.4, -0.2) is 47.4 Å². The molecule has 2 atom stereocenters. The third kappa shape index (κ3) is 77.1. The highest BCUT2D eigenvalue weighted by Gasteiger charge is 2.18. The fourth-order valence-electron chi connectivity index (χ4n) is 13.5. The van der Waals surface area contributed by atoms with Crippen molar-refractivity contribution in [3.8, 4) is 0 Å². The molecule has 0 aromatic carbocycles. The molecule has 92 heavy (non-hydrogen) atoms. The largest absolute Gasteiger partial charge is 0.466 e. The van der Waals surface area contributed by atoms with Gasteiger partial charge >= 0.3 is 5.97 Å². The Morgan fingerprint density at radius 2 is 0.511 bits per heavy atom. The molecule has 2 unspecified atom stereocenters. The van der Waals surface area contributed by atoms with Gasteiger partial charge in [-0.3, -0.25) is 9.59 Å². The van der Waals surface area contributed by atoms with Crippen LogP contribution in [0.3, 0.4) is 0 Å². The number of rotatable bonds is 80. The lowest BCUT2D eigenvalue weighted by atomic mass is 10.0. The Bertz CT molecular complexity index is 1490. The molecule has 0 fully saturated rings. The van der Waals surface area contributed by atoms with Gasteiger partial charge < -0.3 is 20.3 Å². The monoisotopic (exact) mass is 1290 g/mol. The summed E-state index contributed by atoms with van der Waals surface area (Å²) >= 11 is 0. The zero-order valence-electron chi connectivity index (χ0n) is 62.6. The molecule has 6 heteroatoms. The summed E-state index contributed by atoms with van der Waals surface area (Å²) in [6, 6.07) is -0.626. The van der Waals surface area contributed by atoms with Gasteiger partial charge in [-0.2, -0.15) is 0 Å². The lowest BCUT2D eigenvalue weighted by molar-refractivity contribution is -0.143. The van der Waals surface area contributed by atoms with Gasteiger partial charge in [0.05, 0.1) is 25.4 Å². The van der Waals surface area contributed by atoms with Crippen LogP contribution in [0.2, 0.25) is 0 Å². The van der Waals surface area contributed by atoms with Crippen LogP contribution >= 0.6 is 0 Å². The summed E-state index contributed by atoms with van der Waals surface area (Å²) < 4.78 is 5.51. The molecular formula is C86H165NO5. The predicted molar refractivity (Wildman–Crippen MR) is 407 cm³/mol. The number of aliphatic hydroxyl groups is 2. The van der Waals surface area contributed by atoms with Crippen LogP contribution in [-0.2, 0) is 14.3 Å². The van der Waals surface area contributed by atoms with Gasteiger partial charge in [0, 0.05) is 12.8 Å². The second-order valence-corrected chi connectivity index (χ2v) is 29.2. The zero-order valence-corrected chi connectivity index (χ0v) is 62.6. The number of aliphatic hydroxyl groups excluding tert-OH is 2. The molecule has 0 bridgehead atoms. The van der Waals surface area contributed by atoms with E-state index in [1.807, 2.05) is 6.08 Å². The molecule has 0 aromatic heterocycles. The maximum absolute atomic E-state index is 12.6. The van der Waals surface area contributed by atoms with E-state index in [-0.39, 0.29) is 18.5 Å². The van der Waals surface area contributed by atoms with E-state index in [1.54, 1.807) is 6.08 Å². The van der Waals surface area contributed by atoms with Crippen molar-refractivity contribution in [2.75, 3.05) is 13.2 Å². The fraction of sp³-hybridized carbons (Fsp3) is 0.907. The molecule has 0 aliphatic heterocycles. The van der Waals surface area contributed by atoms with Gasteiger partial charge in [0.2, 0.25) is 5.91 Å². The highest BCUT2D eigenvalue weighted by atomic mass is 16.5. The van der Waals surface area contributed by atoms with Crippen molar-refractivity contribution in [3.05, 3.63) is 36.5 Å². The minimum Gasteiger partial charge on any atom is -0.466 e. The molecule has 0 aromatic rings. The minimum absolute atomic E-state index is 0.0147. The third-order valence-corrected chi connectivity index (χ3v) is 19.9. The summed E-state index contributed by atoms with van der Waals surface area (Å²) in [4.78, 5) is 24.7.